The molecule has 9 heteroatoms. The predicted molar refractivity (Wildman–Crippen MR) is 122 cm³/mol. The number of methoxy groups -OCH3 is 2. The van der Waals surface area contributed by atoms with Crippen LogP contribution in [0.2, 0.25) is 0 Å². The highest BCUT2D eigenvalue weighted by Crippen LogP contribution is 2.36. The van der Waals surface area contributed by atoms with Gasteiger partial charge in [-0.2, -0.15) is 0 Å². The molecule has 0 aliphatic heterocycles. The molecule has 2 aromatic carbocycles. The SMILES string of the molecule is CCS(=O)(=O)N(C)c1cc(OC)c(OC)cc1C(=O)N[C@H](C)c1ccc(SC)cc1. The van der Waals surface area contributed by atoms with Crippen LogP contribution in [0, 0.1) is 0 Å². The number of rotatable bonds is 9. The average Bonchev–Trinajstić information content (AvgIpc) is 2.77. The minimum Gasteiger partial charge on any atom is -0.493 e. The molecule has 0 heterocycles. The minimum absolute atomic E-state index is 0.100. The van der Waals surface area contributed by atoms with Crippen LogP contribution in [0.5, 0.6) is 11.5 Å². The first kappa shape index (κ1) is 23.9. The van der Waals surface area contributed by atoms with Crippen molar-refractivity contribution in [2.24, 2.45) is 0 Å². The Kier molecular flexibility index (Phi) is 8.03. The first-order valence-corrected chi connectivity index (χ1v) is 12.2. The van der Waals surface area contributed by atoms with Gasteiger partial charge in [-0.25, -0.2) is 8.42 Å². The number of hydrogen-bond donors (Lipinski definition) is 1. The Hall–Kier alpha value is -2.39. The van der Waals surface area contributed by atoms with Crippen molar-refractivity contribution in [1.82, 2.24) is 5.32 Å². The lowest BCUT2D eigenvalue weighted by atomic mass is 10.1. The summed E-state index contributed by atoms with van der Waals surface area (Å²) in [6.45, 7) is 3.42. The molecule has 0 aromatic heterocycles. The van der Waals surface area contributed by atoms with Crippen LogP contribution in [0.25, 0.3) is 0 Å². The molecule has 0 saturated carbocycles. The van der Waals surface area contributed by atoms with Crippen LogP contribution >= 0.6 is 11.8 Å². The second-order valence-corrected chi connectivity index (χ2v) is 9.73. The lowest BCUT2D eigenvalue weighted by Gasteiger charge is -2.24. The molecule has 164 valence electrons. The summed E-state index contributed by atoms with van der Waals surface area (Å²) in [4.78, 5) is 14.3. The number of hydrogen-bond acceptors (Lipinski definition) is 6. The van der Waals surface area contributed by atoms with E-state index in [9.17, 15) is 13.2 Å². The van der Waals surface area contributed by atoms with Gasteiger partial charge in [0.05, 0.1) is 37.3 Å². The molecular formula is C21H28N2O5S2. The van der Waals surface area contributed by atoms with Gasteiger partial charge in [-0.1, -0.05) is 12.1 Å². The average molecular weight is 453 g/mol. The molecule has 0 spiro atoms. The van der Waals surface area contributed by atoms with E-state index in [1.165, 1.54) is 33.4 Å². The molecule has 7 nitrogen and oxygen atoms in total. The summed E-state index contributed by atoms with van der Waals surface area (Å²) >= 11 is 1.64. The molecule has 1 N–H and O–H groups in total. The van der Waals surface area contributed by atoms with Gasteiger partial charge in [0.1, 0.15) is 0 Å². The Bertz CT molecular complexity index is 991. The van der Waals surface area contributed by atoms with Crippen molar-refractivity contribution in [3.8, 4) is 11.5 Å². The van der Waals surface area contributed by atoms with Crippen LogP contribution in [0.4, 0.5) is 5.69 Å². The van der Waals surface area contributed by atoms with E-state index in [1.807, 2.05) is 37.4 Å². The number of carbonyl (C=O) groups excluding carboxylic acids is 1. The number of ether oxygens (including phenoxy) is 2. The highest BCUT2D eigenvalue weighted by atomic mass is 32.2. The summed E-state index contributed by atoms with van der Waals surface area (Å²) in [5.41, 5.74) is 1.34. The maximum Gasteiger partial charge on any atom is 0.254 e. The fraction of sp³-hybridized carbons (Fsp3) is 0.381. The molecule has 0 saturated heterocycles. The number of nitrogens with zero attached hydrogens (tertiary/aromatic N) is 1. The monoisotopic (exact) mass is 452 g/mol. The molecule has 0 fully saturated rings. The number of sulfonamides is 1. The normalized spacial score (nSPS) is 12.2. The molecule has 2 rings (SSSR count). The third-order valence-electron chi connectivity index (χ3n) is 4.83. The number of nitrogens with one attached hydrogen (secondary N) is 1. The topological polar surface area (TPSA) is 84.9 Å². The van der Waals surface area contributed by atoms with Crippen molar-refractivity contribution in [3.63, 3.8) is 0 Å². The first-order chi connectivity index (χ1) is 14.2. The van der Waals surface area contributed by atoms with Crippen LogP contribution in [-0.4, -0.2) is 47.6 Å². The quantitative estimate of drug-likeness (QED) is 0.584. The molecule has 30 heavy (non-hydrogen) atoms. The third-order valence-corrected chi connectivity index (χ3v) is 7.34. The van der Waals surface area contributed by atoms with Crippen LogP contribution < -0.4 is 19.1 Å². The number of carbonyl (C=O) groups is 1. The Morgan fingerprint density at radius 3 is 2.20 bits per heavy atom. The summed E-state index contributed by atoms with van der Waals surface area (Å²) < 4.78 is 36.6. The van der Waals surface area contributed by atoms with Crippen molar-refractivity contribution in [2.45, 2.75) is 24.8 Å². The van der Waals surface area contributed by atoms with E-state index in [1.54, 1.807) is 18.7 Å². The van der Waals surface area contributed by atoms with Crippen molar-refractivity contribution in [1.29, 1.82) is 0 Å². The second-order valence-electron chi connectivity index (χ2n) is 6.56. The van der Waals surface area contributed by atoms with Gasteiger partial charge in [0, 0.05) is 18.0 Å². The summed E-state index contributed by atoms with van der Waals surface area (Å²) in [5.74, 6) is 0.163. The fourth-order valence-electron chi connectivity index (χ4n) is 2.90. The highest BCUT2D eigenvalue weighted by molar-refractivity contribution is 7.98. The Labute approximate surface area is 182 Å². The summed E-state index contributed by atoms with van der Waals surface area (Å²) in [6.07, 6.45) is 2.00. The maximum atomic E-state index is 13.1. The van der Waals surface area contributed by atoms with Gasteiger partial charge in [-0.05, 0) is 43.9 Å². The summed E-state index contributed by atoms with van der Waals surface area (Å²) in [7, 11) is 0.747. The zero-order valence-corrected chi connectivity index (χ0v) is 19.7. The van der Waals surface area contributed by atoms with Crippen LogP contribution in [0.3, 0.4) is 0 Å². The van der Waals surface area contributed by atoms with Crippen LogP contribution in [0.1, 0.15) is 35.8 Å². The number of thioether (sulfide) groups is 1. The van der Waals surface area contributed by atoms with Gasteiger partial charge >= 0.3 is 0 Å². The summed E-state index contributed by atoms with van der Waals surface area (Å²) in [5, 5.41) is 2.94. The number of benzene rings is 2. The predicted octanol–water partition coefficient (Wildman–Crippen LogP) is 3.70. The van der Waals surface area contributed by atoms with E-state index >= 15 is 0 Å². The summed E-state index contributed by atoms with van der Waals surface area (Å²) in [6, 6.07) is 10.6. The molecular weight excluding hydrogens is 424 g/mol. The first-order valence-electron chi connectivity index (χ1n) is 9.35. The van der Waals surface area contributed by atoms with Crippen LogP contribution in [-0.2, 0) is 10.0 Å². The Balaban J connectivity index is 2.45. The van der Waals surface area contributed by atoms with Gasteiger partial charge in [-0.3, -0.25) is 9.10 Å². The van der Waals surface area contributed by atoms with Gasteiger partial charge in [0.15, 0.2) is 11.5 Å². The molecule has 0 aliphatic carbocycles. The van der Waals surface area contributed by atoms with E-state index in [0.29, 0.717) is 11.5 Å². The molecule has 1 amide bonds. The van der Waals surface area contributed by atoms with Gasteiger partial charge in [0.2, 0.25) is 10.0 Å². The van der Waals surface area contributed by atoms with E-state index in [4.69, 9.17) is 9.47 Å². The Morgan fingerprint density at radius 1 is 1.13 bits per heavy atom. The van der Waals surface area contributed by atoms with E-state index in [-0.39, 0.29) is 23.0 Å². The van der Waals surface area contributed by atoms with Crippen molar-refractivity contribution >= 4 is 33.4 Å². The zero-order chi connectivity index (χ0) is 22.5. The molecule has 2 aromatic rings. The van der Waals surface area contributed by atoms with Gasteiger partial charge < -0.3 is 14.8 Å². The van der Waals surface area contributed by atoms with E-state index in [0.717, 1.165) is 14.8 Å². The zero-order valence-electron chi connectivity index (χ0n) is 18.1. The van der Waals surface area contributed by atoms with E-state index in [2.05, 4.69) is 5.32 Å². The third kappa shape index (κ3) is 5.20. The molecule has 1 atom stereocenters. The smallest absolute Gasteiger partial charge is 0.254 e. The lowest BCUT2D eigenvalue weighted by Crippen LogP contribution is -2.32. The fourth-order valence-corrected chi connectivity index (χ4v) is 4.15. The standard InChI is InChI=1S/C21H28N2O5S2/c1-7-30(25,26)23(3)18-13-20(28-5)19(27-4)12-17(18)21(24)22-14(2)15-8-10-16(29-6)11-9-15/h8-14H,7H2,1-6H3,(H,22,24)/t14-/m1/s1. The molecule has 0 bridgehead atoms. The largest absolute Gasteiger partial charge is 0.493 e. The number of amides is 1. The molecule has 0 aliphatic rings. The van der Waals surface area contributed by atoms with Crippen LogP contribution in [0.15, 0.2) is 41.3 Å². The molecule has 0 unspecified atom stereocenters. The Morgan fingerprint density at radius 2 is 1.70 bits per heavy atom. The van der Waals surface area contributed by atoms with Crippen molar-refractivity contribution < 1.29 is 22.7 Å². The molecule has 0 radical (unpaired) electrons. The highest BCUT2D eigenvalue weighted by Gasteiger charge is 2.25. The second kappa shape index (κ2) is 10.1. The maximum absolute atomic E-state index is 13.1. The van der Waals surface area contributed by atoms with E-state index < -0.39 is 15.9 Å². The number of anilines is 1. The lowest BCUT2D eigenvalue weighted by molar-refractivity contribution is 0.0940. The van der Waals surface area contributed by atoms with Crippen molar-refractivity contribution in [3.05, 3.63) is 47.5 Å². The van der Waals surface area contributed by atoms with Crippen molar-refractivity contribution in [2.75, 3.05) is 37.6 Å². The van der Waals surface area contributed by atoms with Gasteiger partial charge in [-0.15, -0.1) is 11.8 Å². The van der Waals surface area contributed by atoms with Gasteiger partial charge in [0.25, 0.3) is 5.91 Å². The minimum atomic E-state index is -3.59.